The Balaban J connectivity index is 2.02. The van der Waals surface area contributed by atoms with Gasteiger partial charge in [-0.3, -0.25) is 0 Å². The van der Waals surface area contributed by atoms with Crippen molar-refractivity contribution in [2.45, 2.75) is 45.7 Å². The van der Waals surface area contributed by atoms with Crippen molar-refractivity contribution in [2.24, 2.45) is 5.73 Å². The van der Waals surface area contributed by atoms with Crippen LogP contribution >= 0.6 is 11.3 Å². The van der Waals surface area contributed by atoms with Crippen molar-refractivity contribution < 1.29 is 8.42 Å². The molecule has 0 amide bonds. The van der Waals surface area contributed by atoms with Gasteiger partial charge < -0.3 is 5.73 Å². The van der Waals surface area contributed by atoms with Crippen LogP contribution in [0, 0.1) is 13.8 Å². The standard InChI is InChI=1S/C13H23N3O2S2/c1-10-7-13(19-11(10)2)9-15-20(17,18)16-6-4-3-5-12(16)8-14/h7,12,15H,3-6,8-9,14H2,1-2H3. The van der Waals surface area contributed by atoms with Gasteiger partial charge in [0.05, 0.1) is 0 Å². The third-order valence-electron chi connectivity index (χ3n) is 3.80. The van der Waals surface area contributed by atoms with Crippen LogP contribution in [-0.2, 0) is 16.8 Å². The fourth-order valence-corrected chi connectivity index (χ4v) is 5.05. The maximum atomic E-state index is 12.4. The largest absolute Gasteiger partial charge is 0.329 e. The lowest BCUT2D eigenvalue weighted by atomic mass is 10.1. The summed E-state index contributed by atoms with van der Waals surface area (Å²) in [6.07, 6.45) is 2.82. The van der Waals surface area contributed by atoms with Crippen LogP contribution in [0.15, 0.2) is 6.07 Å². The topological polar surface area (TPSA) is 75.4 Å². The highest BCUT2D eigenvalue weighted by atomic mass is 32.2. The molecular formula is C13H23N3O2S2. The quantitative estimate of drug-likeness (QED) is 0.864. The van der Waals surface area contributed by atoms with E-state index in [-0.39, 0.29) is 6.04 Å². The van der Waals surface area contributed by atoms with Crippen molar-refractivity contribution in [1.82, 2.24) is 9.03 Å². The summed E-state index contributed by atoms with van der Waals surface area (Å²) in [4.78, 5) is 2.28. The van der Waals surface area contributed by atoms with Crippen LogP contribution in [0.4, 0.5) is 0 Å². The third kappa shape index (κ3) is 3.59. The highest BCUT2D eigenvalue weighted by Gasteiger charge is 2.31. The van der Waals surface area contributed by atoms with Crippen LogP contribution in [0.5, 0.6) is 0 Å². The van der Waals surface area contributed by atoms with Gasteiger partial charge in [-0.05, 0) is 38.3 Å². The normalized spacial score (nSPS) is 21.2. The molecule has 7 heteroatoms. The summed E-state index contributed by atoms with van der Waals surface area (Å²) >= 11 is 1.64. The number of nitrogens with two attached hydrogens (primary N) is 1. The molecule has 1 aromatic heterocycles. The zero-order valence-electron chi connectivity index (χ0n) is 12.1. The van der Waals surface area contributed by atoms with Crippen LogP contribution in [0.25, 0.3) is 0 Å². The molecule has 1 fully saturated rings. The molecule has 1 aliphatic heterocycles. The highest BCUT2D eigenvalue weighted by molar-refractivity contribution is 7.87. The van der Waals surface area contributed by atoms with E-state index in [0.29, 0.717) is 19.6 Å². The zero-order chi connectivity index (χ0) is 14.8. The molecule has 0 aromatic carbocycles. The van der Waals surface area contributed by atoms with Gasteiger partial charge in [-0.15, -0.1) is 11.3 Å². The number of hydrogen-bond donors (Lipinski definition) is 2. The molecule has 0 radical (unpaired) electrons. The second-order valence-electron chi connectivity index (χ2n) is 5.27. The van der Waals surface area contributed by atoms with Gasteiger partial charge >= 0.3 is 0 Å². The molecule has 5 nitrogen and oxygen atoms in total. The zero-order valence-corrected chi connectivity index (χ0v) is 13.7. The summed E-state index contributed by atoms with van der Waals surface area (Å²) in [6.45, 7) is 5.40. The van der Waals surface area contributed by atoms with Gasteiger partial charge in [0, 0.05) is 35.4 Å². The molecule has 1 saturated heterocycles. The maximum Gasteiger partial charge on any atom is 0.280 e. The summed E-state index contributed by atoms with van der Waals surface area (Å²) < 4.78 is 29.0. The Morgan fingerprint density at radius 1 is 1.45 bits per heavy atom. The molecule has 1 unspecified atom stereocenters. The number of nitrogens with one attached hydrogen (secondary N) is 1. The number of hydrogen-bond acceptors (Lipinski definition) is 4. The molecule has 1 aromatic rings. The van der Waals surface area contributed by atoms with E-state index in [2.05, 4.69) is 4.72 Å². The van der Waals surface area contributed by atoms with Crippen LogP contribution in [-0.4, -0.2) is 31.9 Å². The van der Waals surface area contributed by atoms with E-state index in [9.17, 15) is 8.42 Å². The van der Waals surface area contributed by atoms with E-state index in [1.54, 1.807) is 11.3 Å². The second kappa shape index (κ2) is 6.53. The Bertz CT molecular complexity index is 534. The predicted molar refractivity (Wildman–Crippen MR) is 83.0 cm³/mol. The second-order valence-corrected chi connectivity index (χ2v) is 8.32. The highest BCUT2D eigenvalue weighted by Crippen LogP contribution is 2.22. The van der Waals surface area contributed by atoms with E-state index < -0.39 is 10.2 Å². The molecule has 114 valence electrons. The SMILES string of the molecule is Cc1cc(CNS(=O)(=O)N2CCCCC2CN)sc1C. The molecule has 0 saturated carbocycles. The van der Waals surface area contributed by atoms with Gasteiger partial charge in [0.25, 0.3) is 10.2 Å². The van der Waals surface area contributed by atoms with Crippen molar-refractivity contribution in [3.63, 3.8) is 0 Å². The van der Waals surface area contributed by atoms with E-state index in [1.807, 2.05) is 19.9 Å². The maximum absolute atomic E-state index is 12.4. The Hall–Kier alpha value is -0.470. The Labute approximate surface area is 125 Å². The summed E-state index contributed by atoms with van der Waals surface area (Å²) in [5.41, 5.74) is 6.90. The first kappa shape index (κ1) is 15.9. The summed E-state index contributed by atoms with van der Waals surface area (Å²) in [7, 11) is -3.44. The van der Waals surface area contributed by atoms with E-state index >= 15 is 0 Å². The minimum absolute atomic E-state index is 0.0620. The number of rotatable bonds is 5. The van der Waals surface area contributed by atoms with Gasteiger partial charge in [0.2, 0.25) is 0 Å². The van der Waals surface area contributed by atoms with Gasteiger partial charge in [0.1, 0.15) is 0 Å². The lowest BCUT2D eigenvalue weighted by Gasteiger charge is -2.33. The first-order valence-corrected chi connectivity index (χ1v) is 9.22. The fourth-order valence-electron chi connectivity index (χ4n) is 2.51. The summed E-state index contributed by atoms with van der Waals surface area (Å²) in [5.74, 6) is 0. The average molecular weight is 317 g/mol. The minimum Gasteiger partial charge on any atom is -0.329 e. The lowest BCUT2D eigenvalue weighted by Crippen LogP contribution is -2.51. The Morgan fingerprint density at radius 3 is 2.80 bits per heavy atom. The van der Waals surface area contributed by atoms with Crippen molar-refractivity contribution in [2.75, 3.05) is 13.1 Å². The Morgan fingerprint density at radius 2 is 2.20 bits per heavy atom. The van der Waals surface area contributed by atoms with Crippen LogP contribution in [0.2, 0.25) is 0 Å². The molecule has 20 heavy (non-hydrogen) atoms. The van der Waals surface area contributed by atoms with E-state index in [4.69, 9.17) is 5.73 Å². The summed E-state index contributed by atoms with van der Waals surface area (Å²) in [5, 5.41) is 0. The molecule has 2 rings (SSSR count). The van der Waals surface area contributed by atoms with Crippen LogP contribution in [0.1, 0.15) is 34.6 Å². The molecule has 2 heterocycles. The first-order chi connectivity index (χ1) is 9.44. The molecular weight excluding hydrogens is 294 g/mol. The molecule has 1 aliphatic rings. The molecule has 0 spiro atoms. The average Bonchev–Trinajstić information content (AvgIpc) is 2.76. The van der Waals surface area contributed by atoms with Crippen LogP contribution in [0.3, 0.4) is 0 Å². The number of nitrogens with zero attached hydrogens (tertiary/aromatic N) is 1. The van der Waals surface area contributed by atoms with Crippen molar-refractivity contribution in [1.29, 1.82) is 0 Å². The monoisotopic (exact) mass is 317 g/mol. The van der Waals surface area contributed by atoms with Gasteiger partial charge in [-0.1, -0.05) is 6.42 Å². The van der Waals surface area contributed by atoms with Crippen molar-refractivity contribution in [3.05, 3.63) is 21.4 Å². The third-order valence-corrected chi connectivity index (χ3v) is 6.56. The fraction of sp³-hybridized carbons (Fsp3) is 0.692. The minimum atomic E-state index is -3.44. The van der Waals surface area contributed by atoms with Gasteiger partial charge in [0.15, 0.2) is 0 Å². The van der Waals surface area contributed by atoms with Crippen LogP contribution < -0.4 is 10.5 Å². The predicted octanol–water partition coefficient (Wildman–Crippen LogP) is 1.51. The Kier molecular flexibility index (Phi) is 5.19. The lowest BCUT2D eigenvalue weighted by molar-refractivity contribution is 0.254. The van der Waals surface area contributed by atoms with E-state index in [0.717, 1.165) is 24.1 Å². The van der Waals surface area contributed by atoms with Gasteiger partial charge in [-0.25, -0.2) is 0 Å². The van der Waals surface area contributed by atoms with Gasteiger partial charge in [-0.2, -0.15) is 17.4 Å². The molecule has 0 aliphatic carbocycles. The number of aryl methyl sites for hydroxylation is 2. The molecule has 1 atom stereocenters. The van der Waals surface area contributed by atoms with Crippen molar-refractivity contribution >= 4 is 21.5 Å². The van der Waals surface area contributed by atoms with Crippen molar-refractivity contribution in [3.8, 4) is 0 Å². The molecule has 3 N–H and O–H groups in total. The number of piperidine rings is 1. The molecule has 0 bridgehead atoms. The first-order valence-electron chi connectivity index (χ1n) is 6.96. The van der Waals surface area contributed by atoms with E-state index in [1.165, 1.54) is 14.7 Å². The smallest absolute Gasteiger partial charge is 0.280 e. The number of thiophene rings is 1. The summed E-state index contributed by atoms with van der Waals surface area (Å²) in [6, 6.07) is 1.98.